The molecule has 1 aromatic heterocycles. The average molecular weight is 199 g/mol. The molecule has 0 spiro atoms. The van der Waals surface area contributed by atoms with Crippen LogP contribution in [0.2, 0.25) is 0 Å². The van der Waals surface area contributed by atoms with Crippen LogP contribution in [0.4, 0.5) is 0 Å². The number of aromatic amines is 1. The highest BCUT2D eigenvalue weighted by Gasteiger charge is 2.19. The smallest absolute Gasteiger partial charge is 0.0486 e. The van der Waals surface area contributed by atoms with Gasteiger partial charge >= 0.3 is 0 Å². The Bertz CT molecular complexity index is 477. The number of para-hydroxylation sites is 1. The molecule has 0 bridgehead atoms. The summed E-state index contributed by atoms with van der Waals surface area (Å²) in [5.74, 6) is 0.949. The van der Waals surface area contributed by atoms with Crippen molar-refractivity contribution in [2.45, 2.75) is 32.6 Å². The molecule has 1 N–H and O–H groups in total. The first kappa shape index (κ1) is 9.02. The molecule has 2 aromatic rings. The predicted molar refractivity (Wildman–Crippen MR) is 64.1 cm³/mol. The number of fused-ring (bicyclic) bond motifs is 1. The normalized spacial score (nSPS) is 16.9. The van der Waals surface area contributed by atoms with Gasteiger partial charge in [-0.1, -0.05) is 37.5 Å². The minimum Gasteiger partial charge on any atom is -0.361 e. The summed E-state index contributed by atoms with van der Waals surface area (Å²) >= 11 is 0. The van der Waals surface area contributed by atoms with Crippen molar-refractivity contribution in [3.8, 4) is 0 Å². The summed E-state index contributed by atoms with van der Waals surface area (Å²) in [5.41, 5.74) is 4.19. The molecule has 1 heteroatoms. The van der Waals surface area contributed by atoms with Gasteiger partial charge in [-0.2, -0.15) is 0 Å². The van der Waals surface area contributed by atoms with Gasteiger partial charge in [0.15, 0.2) is 0 Å². The van der Waals surface area contributed by atoms with E-state index in [0.29, 0.717) is 0 Å². The van der Waals surface area contributed by atoms with Crippen molar-refractivity contribution in [1.29, 1.82) is 0 Å². The molecule has 1 aliphatic rings. The van der Waals surface area contributed by atoms with E-state index in [9.17, 15) is 0 Å². The molecule has 0 aliphatic heterocycles. The third-order valence-corrected chi connectivity index (χ3v) is 3.74. The van der Waals surface area contributed by atoms with Gasteiger partial charge in [0.1, 0.15) is 0 Å². The molecule has 0 amide bonds. The summed E-state index contributed by atoms with van der Waals surface area (Å²) in [6.45, 7) is 2.17. The largest absolute Gasteiger partial charge is 0.361 e. The molecule has 1 saturated carbocycles. The molecule has 15 heavy (non-hydrogen) atoms. The van der Waals surface area contributed by atoms with Crippen molar-refractivity contribution >= 4 is 10.9 Å². The van der Waals surface area contributed by atoms with Crippen molar-refractivity contribution < 1.29 is 0 Å². The minimum absolute atomic E-state index is 0.949. The lowest BCUT2D eigenvalue weighted by Gasteiger charge is -2.24. The van der Waals surface area contributed by atoms with Crippen LogP contribution in [0.15, 0.2) is 24.4 Å². The third kappa shape index (κ3) is 1.46. The van der Waals surface area contributed by atoms with Crippen LogP contribution in [0.1, 0.15) is 30.4 Å². The first-order valence-corrected chi connectivity index (χ1v) is 5.90. The van der Waals surface area contributed by atoms with Crippen LogP contribution in [0, 0.1) is 12.8 Å². The highest BCUT2D eigenvalue weighted by Crippen LogP contribution is 2.32. The molecule has 1 heterocycles. The Morgan fingerprint density at radius 1 is 1.33 bits per heavy atom. The van der Waals surface area contributed by atoms with Gasteiger partial charge in [-0.05, 0) is 30.4 Å². The molecule has 1 fully saturated rings. The minimum atomic E-state index is 0.949. The maximum atomic E-state index is 3.41. The van der Waals surface area contributed by atoms with Crippen LogP contribution >= 0.6 is 0 Å². The van der Waals surface area contributed by atoms with E-state index in [-0.39, 0.29) is 0 Å². The third-order valence-electron chi connectivity index (χ3n) is 3.74. The molecular formula is C14H17N. The molecule has 1 nitrogen and oxygen atoms in total. The Hall–Kier alpha value is -1.24. The number of H-pyrrole nitrogens is 1. The van der Waals surface area contributed by atoms with Crippen LogP contribution in [0.25, 0.3) is 10.9 Å². The summed E-state index contributed by atoms with van der Waals surface area (Å²) in [6.07, 6.45) is 7.77. The van der Waals surface area contributed by atoms with Gasteiger partial charge in [-0.3, -0.25) is 0 Å². The first-order chi connectivity index (χ1) is 7.34. The van der Waals surface area contributed by atoms with E-state index in [1.165, 1.54) is 47.7 Å². The Labute approximate surface area is 90.5 Å². The quantitative estimate of drug-likeness (QED) is 0.756. The van der Waals surface area contributed by atoms with Gasteiger partial charge in [0, 0.05) is 17.1 Å². The Kier molecular flexibility index (Phi) is 2.05. The lowest BCUT2D eigenvalue weighted by atomic mass is 9.81. The zero-order valence-corrected chi connectivity index (χ0v) is 9.22. The Balaban J connectivity index is 2.00. The fourth-order valence-corrected chi connectivity index (χ4v) is 2.54. The monoisotopic (exact) mass is 199 g/mol. The van der Waals surface area contributed by atoms with E-state index in [1.54, 1.807) is 0 Å². The van der Waals surface area contributed by atoms with E-state index >= 15 is 0 Å². The summed E-state index contributed by atoms with van der Waals surface area (Å²) in [7, 11) is 0. The van der Waals surface area contributed by atoms with E-state index < -0.39 is 0 Å². The van der Waals surface area contributed by atoms with E-state index in [1.807, 2.05) is 0 Å². The zero-order valence-electron chi connectivity index (χ0n) is 9.22. The van der Waals surface area contributed by atoms with Gasteiger partial charge in [0.05, 0.1) is 0 Å². The maximum Gasteiger partial charge on any atom is 0.0486 e. The SMILES string of the molecule is Cc1cccc2c(CC3CCC3)c[nH]c12. The molecular weight excluding hydrogens is 182 g/mol. The van der Waals surface area contributed by atoms with E-state index in [0.717, 1.165) is 5.92 Å². The van der Waals surface area contributed by atoms with Gasteiger partial charge in [0.25, 0.3) is 0 Å². The van der Waals surface area contributed by atoms with Crippen LogP contribution in [0.3, 0.4) is 0 Å². The molecule has 1 aliphatic carbocycles. The number of aryl methyl sites for hydroxylation is 1. The van der Waals surface area contributed by atoms with Gasteiger partial charge < -0.3 is 4.98 Å². The van der Waals surface area contributed by atoms with Gasteiger partial charge in [-0.15, -0.1) is 0 Å². The second-order valence-electron chi connectivity index (χ2n) is 4.81. The summed E-state index contributed by atoms with van der Waals surface area (Å²) < 4.78 is 0. The van der Waals surface area contributed by atoms with Crippen molar-refractivity contribution in [3.05, 3.63) is 35.5 Å². The van der Waals surface area contributed by atoms with E-state index in [4.69, 9.17) is 0 Å². The Morgan fingerprint density at radius 3 is 2.93 bits per heavy atom. The van der Waals surface area contributed by atoms with Crippen molar-refractivity contribution in [3.63, 3.8) is 0 Å². The van der Waals surface area contributed by atoms with Crippen molar-refractivity contribution in [1.82, 2.24) is 4.98 Å². The van der Waals surface area contributed by atoms with Gasteiger partial charge in [-0.25, -0.2) is 0 Å². The number of hydrogen-bond acceptors (Lipinski definition) is 0. The average Bonchev–Trinajstić information content (AvgIpc) is 2.56. The number of aromatic nitrogens is 1. The highest BCUT2D eigenvalue weighted by atomic mass is 14.7. The van der Waals surface area contributed by atoms with Crippen molar-refractivity contribution in [2.75, 3.05) is 0 Å². The molecule has 78 valence electrons. The Morgan fingerprint density at radius 2 is 2.20 bits per heavy atom. The zero-order chi connectivity index (χ0) is 10.3. The molecule has 1 aromatic carbocycles. The molecule has 0 saturated heterocycles. The lowest BCUT2D eigenvalue weighted by molar-refractivity contribution is 0.315. The van der Waals surface area contributed by atoms with Gasteiger partial charge in [0.2, 0.25) is 0 Å². The number of benzene rings is 1. The van der Waals surface area contributed by atoms with Crippen molar-refractivity contribution in [2.24, 2.45) is 5.92 Å². The highest BCUT2D eigenvalue weighted by molar-refractivity contribution is 5.85. The maximum absolute atomic E-state index is 3.41. The fourth-order valence-electron chi connectivity index (χ4n) is 2.54. The lowest BCUT2D eigenvalue weighted by Crippen LogP contribution is -2.13. The molecule has 0 radical (unpaired) electrons. The standard InChI is InChI=1S/C14H17N/c1-10-4-2-7-13-12(9-15-14(10)13)8-11-5-3-6-11/h2,4,7,9,11,15H,3,5-6,8H2,1H3. The topological polar surface area (TPSA) is 15.8 Å². The van der Waals surface area contributed by atoms with Crippen LogP contribution < -0.4 is 0 Å². The first-order valence-electron chi connectivity index (χ1n) is 5.90. The number of nitrogens with one attached hydrogen (secondary N) is 1. The number of rotatable bonds is 2. The molecule has 0 atom stereocenters. The van der Waals surface area contributed by atoms with Crippen LogP contribution in [0.5, 0.6) is 0 Å². The second kappa shape index (κ2) is 3.41. The fraction of sp³-hybridized carbons (Fsp3) is 0.429. The number of hydrogen-bond donors (Lipinski definition) is 1. The summed E-state index contributed by atoms with van der Waals surface area (Å²) in [5, 5.41) is 1.43. The molecule has 3 rings (SSSR count). The summed E-state index contributed by atoms with van der Waals surface area (Å²) in [4.78, 5) is 3.41. The van der Waals surface area contributed by atoms with Crippen LogP contribution in [-0.4, -0.2) is 4.98 Å². The predicted octanol–water partition coefficient (Wildman–Crippen LogP) is 3.82. The second-order valence-corrected chi connectivity index (χ2v) is 4.81. The van der Waals surface area contributed by atoms with Crippen LogP contribution in [-0.2, 0) is 6.42 Å². The molecule has 0 unspecified atom stereocenters. The van der Waals surface area contributed by atoms with E-state index in [2.05, 4.69) is 36.3 Å². The summed E-state index contributed by atoms with van der Waals surface area (Å²) in [6, 6.07) is 6.58.